The van der Waals surface area contributed by atoms with E-state index >= 15 is 0 Å². The summed E-state index contributed by atoms with van der Waals surface area (Å²) in [6, 6.07) is 4.28. The Bertz CT molecular complexity index is 770. The summed E-state index contributed by atoms with van der Waals surface area (Å²) in [6.45, 7) is -0.378. The average Bonchev–Trinajstić information content (AvgIpc) is 3.24. The molecule has 1 aliphatic carbocycles. The van der Waals surface area contributed by atoms with Crippen LogP contribution in [-0.2, 0) is 6.42 Å². The Kier molecular flexibility index (Phi) is 5.63. The smallest absolute Gasteiger partial charge is 0.185 e. The largest absolute Gasteiger partial charge is 0.394 e. The number of nitrogens with one attached hydrogen (secondary N) is 1. The first-order valence-electron chi connectivity index (χ1n) is 7.63. The van der Waals surface area contributed by atoms with Gasteiger partial charge in [0, 0.05) is 5.75 Å². The highest BCUT2D eigenvalue weighted by atomic mass is 32.2. The summed E-state index contributed by atoms with van der Waals surface area (Å²) in [7, 11) is 0. The number of amidine groups is 1. The Morgan fingerprint density at radius 2 is 2.32 bits per heavy atom. The van der Waals surface area contributed by atoms with Gasteiger partial charge in [0.15, 0.2) is 16.6 Å². The van der Waals surface area contributed by atoms with Crippen molar-refractivity contribution < 1.29 is 24.4 Å². The maximum Gasteiger partial charge on any atom is 0.185 e. The zero-order chi connectivity index (χ0) is 17.8. The number of nitrogens with zero attached hydrogens (tertiary/aromatic N) is 3. The third kappa shape index (κ3) is 3.98. The number of hydrogen-bond donors (Lipinski definition) is 4. The number of aliphatic hydroxyl groups excluding tert-OH is 2. The molecular weight excluding hydrogens is 351 g/mol. The van der Waals surface area contributed by atoms with Crippen molar-refractivity contribution in [3.63, 3.8) is 0 Å². The van der Waals surface area contributed by atoms with Gasteiger partial charge in [-0.25, -0.2) is 9.02 Å². The van der Waals surface area contributed by atoms with Gasteiger partial charge in [0.05, 0.1) is 18.8 Å². The SMILES string of the molecule is OC[C@@H](O)CSc1nonc1C(=N[C@H]1CCc2ccc(F)cc21)NO. The first kappa shape index (κ1) is 17.8. The normalized spacial score (nSPS) is 18.2. The number of aliphatic hydroxyl groups is 2. The van der Waals surface area contributed by atoms with Gasteiger partial charge in [-0.1, -0.05) is 17.8 Å². The number of thioether (sulfide) groups is 1. The minimum absolute atomic E-state index is 0.0457. The molecule has 2 aromatic rings. The monoisotopic (exact) mass is 368 g/mol. The highest BCUT2D eigenvalue weighted by molar-refractivity contribution is 7.99. The van der Waals surface area contributed by atoms with Crippen LogP contribution < -0.4 is 5.48 Å². The standard InChI is InChI=1S/C15H17FN4O4S/c16-9-3-1-8-2-4-12(11(8)5-9)17-14(18-23)13-15(20-24-19-13)25-7-10(22)6-21/h1,3,5,10,12,21-23H,2,4,6-7H2,(H,17,18)/t10-,12+/m1/s1. The molecule has 10 heteroatoms. The highest BCUT2D eigenvalue weighted by Crippen LogP contribution is 2.35. The molecule has 0 amide bonds. The number of aromatic nitrogens is 2. The maximum atomic E-state index is 13.5. The number of aryl methyl sites for hydroxylation is 1. The fourth-order valence-corrected chi connectivity index (χ4v) is 3.44. The third-order valence-electron chi connectivity index (χ3n) is 3.85. The molecule has 1 heterocycles. The minimum Gasteiger partial charge on any atom is -0.394 e. The van der Waals surface area contributed by atoms with Crippen molar-refractivity contribution in [2.75, 3.05) is 12.4 Å². The van der Waals surface area contributed by atoms with Crippen LogP contribution >= 0.6 is 11.8 Å². The predicted octanol–water partition coefficient (Wildman–Crippen LogP) is 1.07. The van der Waals surface area contributed by atoms with Crippen molar-refractivity contribution in [2.24, 2.45) is 4.99 Å². The van der Waals surface area contributed by atoms with Crippen LogP contribution in [-0.4, -0.2) is 50.0 Å². The van der Waals surface area contributed by atoms with Crippen LogP contribution in [0.5, 0.6) is 0 Å². The molecular formula is C15H17FN4O4S. The number of hydrogen-bond acceptors (Lipinski definition) is 8. The van der Waals surface area contributed by atoms with Crippen molar-refractivity contribution in [1.82, 2.24) is 15.8 Å². The van der Waals surface area contributed by atoms with Gasteiger partial charge in [-0.3, -0.25) is 15.7 Å². The Morgan fingerprint density at radius 1 is 1.48 bits per heavy atom. The van der Waals surface area contributed by atoms with Crippen LogP contribution in [0, 0.1) is 5.82 Å². The number of rotatable bonds is 6. The molecule has 2 atom stereocenters. The zero-order valence-electron chi connectivity index (χ0n) is 13.1. The van der Waals surface area contributed by atoms with E-state index in [1.807, 2.05) is 5.48 Å². The summed E-state index contributed by atoms with van der Waals surface area (Å²) >= 11 is 1.11. The van der Waals surface area contributed by atoms with Crippen LogP contribution in [0.3, 0.4) is 0 Å². The second kappa shape index (κ2) is 7.91. The van der Waals surface area contributed by atoms with Crippen LogP contribution in [0.1, 0.15) is 29.3 Å². The zero-order valence-corrected chi connectivity index (χ0v) is 13.9. The molecule has 0 saturated heterocycles. The summed E-state index contributed by atoms with van der Waals surface area (Å²) in [4.78, 5) is 4.43. The quantitative estimate of drug-likeness (QED) is 0.258. The Hall–Kier alpha value is -2.01. The molecule has 0 radical (unpaired) electrons. The van der Waals surface area contributed by atoms with E-state index in [0.717, 1.165) is 29.3 Å². The van der Waals surface area contributed by atoms with Gasteiger partial charge in [-0.15, -0.1) is 0 Å². The van der Waals surface area contributed by atoms with Gasteiger partial charge in [0.2, 0.25) is 0 Å². The summed E-state index contributed by atoms with van der Waals surface area (Å²) < 4.78 is 18.2. The molecule has 0 spiro atoms. The second-order valence-electron chi connectivity index (χ2n) is 5.55. The molecule has 0 bridgehead atoms. The van der Waals surface area contributed by atoms with Crippen LogP contribution in [0.4, 0.5) is 4.39 Å². The topological polar surface area (TPSA) is 124 Å². The van der Waals surface area contributed by atoms with Gasteiger partial charge < -0.3 is 10.2 Å². The van der Waals surface area contributed by atoms with Crippen molar-refractivity contribution in [1.29, 1.82) is 0 Å². The molecule has 0 aliphatic heterocycles. The molecule has 0 fully saturated rings. The molecule has 0 saturated carbocycles. The van der Waals surface area contributed by atoms with E-state index in [2.05, 4.69) is 15.3 Å². The molecule has 8 nitrogen and oxygen atoms in total. The van der Waals surface area contributed by atoms with Crippen LogP contribution in [0.2, 0.25) is 0 Å². The lowest BCUT2D eigenvalue weighted by Crippen LogP contribution is -2.23. The third-order valence-corrected chi connectivity index (χ3v) is 4.94. The van der Waals surface area contributed by atoms with E-state index in [1.54, 1.807) is 6.07 Å². The molecule has 3 rings (SSSR count). The molecule has 0 unspecified atom stereocenters. The van der Waals surface area contributed by atoms with Crippen molar-refractivity contribution in [3.05, 3.63) is 40.8 Å². The van der Waals surface area contributed by atoms with Crippen molar-refractivity contribution >= 4 is 17.6 Å². The van der Waals surface area contributed by atoms with E-state index in [4.69, 9.17) is 9.74 Å². The van der Waals surface area contributed by atoms with Crippen LogP contribution in [0.25, 0.3) is 0 Å². The van der Waals surface area contributed by atoms with Gasteiger partial charge >= 0.3 is 0 Å². The number of halogens is 1. The van der Waals surface area contributed by atoms with E-state index in [1.165, 1.54) is 12.1 Å². The molecule has 4 N–H and O–H groups in total. The first-order chi connectivity index (χ1) is 12.1. The van der Waals surface area contributed by atoms with Gasteiger partial charge in [-0.2, -0.15) is 0 Å². The number of hydroxylamine groups is 1. The average molecular weight is 368 g/mol. The predicted molar refractivity (Wildman–Crippen MR) is 87.0 cm³/mol. The number of fused-ring (bicyclic) bond motifs is 1. The summed E-state index contributed by atoms with van der Waals surface area (Å²) in [5.41, 5.74) is 3.96. The highest BCUT2D eigenvalue weighted by Gasteiger charge is 2.25. The molecule has 134 valence electrons. The van der Waals surface area contributed by atoms with Crippen molar-refractivity contribution in [2.45, 2.75) is 30.0 Å². The first-order valence-corrected chi connectivity index (χ1v) is 8.61. The lowest BCUT2D eigenvalue weighted by molar-refractivity contribution is 0.113. The fraction of sp³-hybridized carbons (Fsp3) is 0.400. The van der Waals surface area contributed by atoms with Gasteiger partial charge in [0.1, 0.15) is 5.82 Å². The lowest BCUT2D eigenvalue weighted by atomic mass is 10.1. The summed E-state index contributed by atoms with van der Waals surface area (Å²) in [5.74, 6) is -0.116. The minimum atomic E-state index is -0.915. The van der Waals surface area contributed by atoms with E-state index < -0.39 is 6.10 Å². The van der Waals surface area contributed by atoms with Gasteiger partial charge in [-0.05, 0) is 46.4 Å². The Morgan fingerprint density at radius 3 is 3.08 bits per heavy atom. The number of benzene rings is 1. The molecule has 1 aromatic carbocycles. The summed E-state index contributed by atoms with van der Waals surface area (Å²) in [6.07, 6.45) is 0.534. The van der Waals surface area contributed by atoms with E-state index in [9.17, 15) is 14.7 Å². The molecule has 1 aliphatic rings. The van der Waals surface area contributed by atoms with Crippen molar-refractivity contribution in [3.8, 4) is 0 Å². The fourth-order valence-electron chi connectivity index (χ4n) is 2.63. The van der Waals surface area contributed by atoms with Gasteiger partial charge in [0.25, 0.3) is 0 Å². The van der Waals surface area contributed by atoms with Crippen LogP contribution in [0.15, 0.2) is 32.8 Å². The molecule has 1 aromatic heterocycles. The maximum absolute atomic E-state index is 13.5. The van der Waals surface area contributed by atoms with E-state index in [-0.39, 0.29) is 35.7 Å². The van der Waals surface area contributed by atoms with E-state index in [0.29, 0.717) is 11.4 Å². The summed E-state index contributed by atoms with van der Waals surface area (Å²) in [5, 5.41) is 35.5. The second-order valence-corrected chi connectivity index (χ2v) is 6.56. The molecule has 25 heavy (non-hydrogen) atoms. The number of aliphatic imine (C=N–C) groups is 1. The Balaban J connectivity index is 1.84. The lowest BCUT2D eigenvalue weighted by Gasteiger charge is -2.10. The Labute approximate surface area is 146 Å².